The molecule has 0 aliphatic carbocycles. The first-order valence-electron chi connectivity index (χ1n) is 7.66. The van der Waals surface area contributed by atoms with E-state index in [0.29, 0.717) is 31.8 Å². The molecule has 1 aliphatic rings. The van der Waals surface area contributed by atoms with Crippen molar-refractivity contribution in [1.29, 1.82) is 0 Å². The van der Waals surface area contributed by atoms with Crippen LogP contribution < -0.4 is 0 Å². The maximum absolute atomic E-state index is 12.7. The molecule has 0 amide bonds. The van der Waals surface area contributed by atoms with Crippen LogP contribution in [0.25, 0.3) is 0 Å². The van der Waals surface area contributed by atoms with E-state index < -0.39 is 20.0 Å². The number of imidazole rings is 1. The molecule has 2 heterocycles. The molecule has 0 aromatic carbocycles. The third-order valence-corrected chi connectivity index (χ3v) is 7.81. The van der Waals surface area contributed by atoms with Crippen molar-refractivity contribution >= 4 is 20.0 Å². The van der Waals surface area contributed by atoms with Gasteiger partial charge in [0.15, 0.2) is 5.03 Å². The van der Waals surface area contributed by atoms with Crippen molar-refractivity contribution < 1.29 is 16.8 Å². The number of rotatable bonds is 5. The predicted molar refractivity (Wildman–Crippen MR) is 87.0 cm³/mol. The Kier molecular flexibility index (Phi) is 5.49. The first-order chi connectivity index (χ1) is 10.7. The first-order valence-corrected chi connectivity index (χ1v) is 10.7. The molecule has 0 bridgehead atoms. The SMILES string of the molecule is CCCS(=O)(=O)N1CCCN(S(=O)(=O)c2cn(C)c(C)n2)CC1. The zero-order valence-corrected chi connectivity index (χ0v) is 15.4. The molecule has 1 fully saturated rings. The van der Waals surface area contributed by atoms with Gasteiger partial charge >= 0.3 is 0 Å². The summed E-state index contributed by atoms with van der Waals surface area (Å²) in [5.41, 5.74) is 0. The number of hydrogen-bond donors (Lipinski definition) is 0. The van der Waals surface area contributed by atoms with Crippen LogP contribution in [-0.2, 0) is 27.1 Å². The molecule has 0 unspecified atom stereocenters. The molecule has 1 aromatic rings. The van der Waals surface area contributed by atoms with Crippen molar-refractivity contribution in [2.75, 3.05) is 31.9 Å². The first kappa shape index (κ1) is 18.4. The van der Waals surface area contributed by atoms with E-state index in [-0.39, 0.29) is 23.9 Å². The number of hydrogen-bond acceptors (Lipinski definition) is 5. The summed E-state index contributed by atoms with van der Waals surface area (Å²) in [4.78, 5) is 4.09. The number of aryl methyl sites for hydroxylation is 2. The Morgan fingerprint density at radius 3 is 2.26 bits per heavy atom. The highest BCUT2D eigenvalue weighted by molar-refractivity contribution is 7.89. The Morgan fingerprint density at radius 1 is 1.09 bits per heavy atom. The second-order valence-corrected chi connectivity index (χ2v) is 9.68. The average Bonchev–Trinajstić information content (AvgIpc) is 2.68. The van der Waals surface area contributed by atoms with Crippen molar-refractivity contribution in [3.63, 3.8) is 0 Å². The Bertz CT molecular complexity index is 735. The lowest BCUT2D eigenvalue weighted by atomic mass is 10.4. The lowest BCUT2D eigenvalue weighted by Crippen LogP contribution is -2.38. The van der Waals surface area contributed by atoms with E-state index in [9.17, 15) is 16.8 Å². The van der Waals surface area contributed by atoms with Gasteiger partial charge in [-0.3, -0.25) is 0 Å². The maximum atomic E-state index is 12.7. The lowest BCUT2D eigenvalue weighted by Gasteiger charge is -2.20. The molecule has 8 nitrogen and oxygen atoms in total. The third-order valence-electron chi connectivity index (χ3n) is 3.96. The molecule has 1 aliphatic heterocycles. The third kappa shape index (κ3) is 3.93. The predicted octanol–water partition coefficient (Wildman–Crippen LogP) is 0.165. The number of sulfonamides is 2. The Morgan fingerprint density at radius 2 is 1.70 bits per heavy atom. The van der Waals surface area contributed by atoms with Crippen molar-refractivity contribution in [1.82, 2.24) is 18.2 Å². The molecule has 0 atom stereocenters. The highest BCUT2D eigenvalue weighted by atomic mass is 32.2. The zero-order valence-electron chi connectivity index (χ0n) is 13.8. The Balaban J connectivity index is 2.17. The van der Waals surface area contributed by atoms with Crippen molar-refractivity contribution in [2.24, 2.45) is 7.05 Å². The minimum atomic E-state index is -3.69. The molecule has 1 saturated heterocycles. The summed E-state index contributed by atoms with van der Waals surface area (Å²) in [5.74, 6) is 0.713. The van der Waals surface area contributed by atoms with E-state index in [4.69, 9.17) is 0 Å². The highest BCUT2D eigenvalue weighted by Crippen LogP contribution is 2.18. The van der Waals surface area contributed by atoms with E-state index in [2.05, 4.69) is 4.98 Å². The van der Waals surface area contributed by atoms with Gasteiger partial charge in [0.2, 0.25) is 10.0 Å². The summed E-state index contributed by atoms with van der Waals surface area (Å²) in [6.45, 7) is 4.55. The van der Waals surface area contributed by atoms with Gasteiger partial charge in [-0.1, -0.05) is 6.92 Å². The Labute approximate surface area is 138 Å². The smallest absolute Gasteiger partial charge is 0.262 e. The van der Waals surface area contributed by atoms with Crippen LogP contribution in [0.5, 0.6) is 0 Å². The molecular weight excluding hydrogens is 340 g/mol. The zero-order chi connectivity index (χ0) is 17.3. The molecule has 10 heteroatoms. The second kappa shape index (κ2) is 6.88. The molecule has 0 radical (unpaired) electrons. The van der Waals surface area contributed by atoms with Crippen LogP contribution in [0.3, 0.4) is 0 Å². The summed E-state index contributed by atoms with van der Waals surface area (Å²) in [5, 5.41) is 0.0161. The fourth-order valence-electron chi connectivity index (χ4n) is 2.56. The molecule has 0 saturated carbocycles. The van der Waals surface area contributed by atoms with Gasteiger partial charge in [0.05, 0.1) is 5.75 Å². The summed E-state index contributed by atoms with van der Waals surface area (Å²) >= 11 is 0. The summed E-state index contributed by atoms with van der Waals surface area (Å²) in [6.07, 6.45) is 2.52. The van der Waals surface area contributed by atoms with Gasteiger partial charge in [0.1, 0.15) is 5.82 Å². The minimum absolute atomic E-state index is 0.0161. The van der Waals surface area contributed by atoms with Gasteiger partial charge in [-0.25, -0.2) is 26.1 Å². The average molecular weight is 364 g/mol. The van der Waals surface area contributed by atoms with Gasteiger partial charge in [-0.05, 0) is 19.8 Å². The maximum Gasteiger partial charge on any atom is 0.262 e. The molecule has 0 N–H and O–H groups in total. The minimum Gasteiger partial charge on any atom is -0.337 e. The molecule has 2 rings (SSSR count). The number of nitrogens with zero attached hydrogens (tertiary/aromatic N) is 4. The van der Waals surface area contributed by atoms with Gasteiger partial charge in [0.25, 0.3) is 10.0 Å². The van der Waals surface area contributed by atoms with Crippen LogP contribution in [0.2, 0.25) is 0 Å². The monoisotopic (exact) mass is 364 g/mol. The van der Waals surface area contributed by atoms with Crippen LogP contribution in [0, 0.1) is 6.92 Å². The van der Waals surface area contributed by atoms with Crippen LogP contribution in [0.1, 0.15) is 25.6 Å². The van der Waals surface area contributed by atoms with Crippen LogP contribution >= 0.6 is 0 Å². The van der Waals surface area contributed by atoms with Gasteiger partial charge in [-0.2, -0.15) is 4.31 Å². The fourth-order valence-corrected chi connectivity index (χ4v) is 5.59. The van der Waals surface area contributed by atoms with Crippen molar-refractivity contribution in [3.8, 4) is 0 Å². The lowest BCUT2D eigenvalue weighted by molar-refractivity contribution is 0.403. The standard InChI is InChI=1S/C13H24N4O4S2/c1-4-10-22(18,19)16-6-5-7-17(9-8-16)23(20,21)13-11-15(3)12(2)14-13/h11H,4-10H2,1-3H3. The quantitative estimate of drug-likeness (QED) is 0.742. The van der Waals surface area contributed by atoms with E-state index in [0.717, 1.165) is 0 Å². The summed E-state index contributed by atoms with van der Waals surface area (Å²) in [6, 6.07) is 0. The van der Waals surface area contributed by atoms with Crippen LogP contribution in [0.4, 0.5) is 0 Å². The summed E-state index contributed by atoms with van der Waals surface area (Å²) < 4.78 is 54.0. The number of aromatic nitrogens is 2. The van der Waals surface area contributed by atoms with Gasteiger partial charge < -0.3 is 4.57 Å². The molecule has 0 spiro atoms. The van der Waals surface area contributed by atoms with E-state index >= 15 is 0 Å². The Hall–Kier alpha value is -0.970. The van der Waals surface area contributed by atoms with Crippen LogP contribution in [-0.4, -0.2) is 66.9 Å². The van der Waals surface area contributed by atoms with Gasteiger partial charge in [0, 0.05) is 39.4 Å². The normalized spacial score (nSPS) is 18.9. The van der Waals surface area contributed by atoms with Gasteiger partial charge in [-0.15, -0.1) is 0 Å². The molecule has 23 heavy (non-hydrogen) atoms. The second-order valence-electron chi connectivity index (χ2n) is 5.71. The van der Waals surface area contributed by atoms with Crippen molar-refractivity contribution in [3.05, 3.63) is 12.0 Å². The van der Waals surface area contributed by atoms with Crippen molar-refractivity contribution in [2.45, 2.75) is 31.7 Å². The van der Waals surface area contributed by atoms with E-state index in [1.54, 1.807) is 18.5 Å². The van der Waals surface area contributed by atoms with Crippen LogP contribution in [0.15, 0.2) is 11.2 Å². The fraction of sp³-hybridized carbons (Fsp3) is 0.769. The molecule has 132 valence electrons. The molecular formula is C13H24N4O4S2. The topological polar surface area (TPSA) is 92.6 Å². The highest BCUT2D eigenvalue weighted by Gasteiger charge is 2.31. The summed E-state index contributed by atoms with van der Waals surface area (Å²) in [7, 11) is -5.25. The van der Waals surface area contributed by atoms with E-state index in [1.165, 1.54) is 14.8 Å². The van der Waals surface area contributed by atoms with E-state index in [1.807, 2.05) is 6.92 Å². The largest absolute Gasteiger partial charge is 0.337 e. The molecule has 1 aromatic heterocycles.